The molecule has 3 aromatic rings. The quantitative estimate of drug-likeness (QED) is 0.375. The highest BCUT2D eigenvalue weighted by atomic mass is 19.1. The summed E-state index contributed by atoms with van der Waals surface area (Å²) in [7, 11) is 0. The van der Waals surface area contributed by atoms with Gasteiger partial charge in [0.15, 0.2) is 0 Å². The van der Waals surface area contributed by atoms with Crippen molar-refractivity contribution in [1.29, 1.82) is 0 Å². The maximum atomic E-state index is 15.4. The minimum atomic E-state index is -0.695. The molecule has 1 aliphatic heterocycles. The molecule has 7 nitrogen and oxygen atoms in total. The van der Waals surface area contributed by atoms with Gasteiger partial charge in [-0.15, -0.1) is 0 Å². The van der Waals surface area contributed by atoms with E-state index in [2.05, 4.69) is 0 Å². The number of rotatable bonds is 9. The van der Waals surface area contributed by atoms with E-state index in [1.807, 2.05) is 60.7 Å². The lowest BCUT2D eigenvalue weighted by molar-refractivity contribution is -0.117. The van der Waals surface area contributed by atoms with Crippen LogP contribution in [-0.4, -0.2) is 30.6 Å². The first-order valence-electron chi connectivity index (χ1n) is 11.7. The number of amides is 2. The van der Waals surface area contributed by atoms with Crippen molar-refractivity contribution in [3.8, 4) is 0 Å². The Labute approximate surface area is 209 Å². The molecule has 0 radical (unpaired) electrons. The van der Waals surface area contributed by atoms with Crippen LogP contribution in [0.2, 0.25) is 0 Å². The van der Waals surface area contributed by atoms with Crippen molar-refractivity contribution in [3.63, 3.8) is 0 Å². The van der Waals surface area contributed by atoms with Crippen LogP contribution in [0, 0.1) is 5.82 Å². The van der Waals surface area contributed by atoms with Crippen molar-refractivity contribution < 1.29 is 28.2 Å². The van der Waals surface area contributed by atoms with Gasteiger partial charge in [-0.05, 0) is 42.7 Å². The summed E-state index contributed by atoms with van der Waals surface area (Å²) in [6.07, 6.45) is -1.01. The monoisotopic (exact) mass is 490 g/mol. The molecular weight excluding hydrogens is 463 g/mol. The second kappa shape index (κ2) is 11.5. The topological polar surface area (TPSA) is 76.2 Å². The molecule has 1 heterocycles. The summed E-state index contributed by atoms with van der Waals surface area (Å²) in [4.78, 5) is 39.2. The average molecular weight is 491 g/mol. The number of hydrogen-bond donors (Lipinski definition) is 0. The number of hydrogen-bond acceptors (Lipinski definition) is 5. The van der Waals surface area contributed by atoms with E-state index < -0.39 is 24.1 Å². The lowest BCUT2D eigenvalue weighted by Crippen LogP contribution is -2.32. The number of cyclic esters (lactones) is 1. The number of nitrogens with zero attached hydrogens (tertiary/aromatic N) is 2. The van der Waals surface area contributed by atoms with E-state index in [0.717, 1.165) is 11.1 Å². The summed E-state index contributed by atoms with van der Waals surface area (Å²) in [6, 6.07) is 22.7. The molecule has 0 N–H and O–H groups in total. The third kappa shape index (κ3) is 6.27. The minimum absolute atomic E-state index is 0.0116. The fraction of sp³-hybridized carbons (Fsp3) is 0.250. The highest BCUT2D eigenvalue weighted by molar-refractivity contribution is 5.91. The molecule has 1 saturated heterocycles. The van der Waals surface area contributed by atoms with Gasteiger partial charge in [-0.3, -0.25) is 9.80 Å². The standard InChI is InChI=1S/C28H27FN2O5/c1-20(32)12-14-24-18-30(28(34)36-24)23-13-15-26(25(29)16-23)31(17-21-8-4-2-5-9-21)27(33)35-19-22-10-6-3-7-11-22/h2-11,13,15-16,24H,12,14,17-19H2,1H3/t24-/m0/s1. The second-order valence-electron chi connectivity index (χ2n) is 8.60. The molecule has 2 amide bonds. The zero-order valence-corrected chi connectivity index (χ0v) is 19.9. The zero-order valence-electron chi connectivity index (χ0n) is 19.9. The lowest BCUT2D eigenvalue weighted by Gasteiger charge is -2.24. The number of ether oxygens (including phenoxy) is 2. The van der Waals surface area contributed by atoms with Crippen LogP contribution in [0.1, 0.15) is 30.9 Å². The van der Waals surface area contributed by atoms with Gasteiger partial charge in [0.25, 0.3) is 0 Å². The molecular formula is C28H27FN2O5. The largest absolute Gasteiger partial charge is 0.444 e. The molecule has 0 saturated carbocycles. The molecule has 1 fully saturated rings. The highest BCUT2D eigenvalue weighted by Gasteiger charge is 2.33. The van der Waals surface area contributed by atoms with Crippen molar-refractivity contribution in [3.05, 3.63) is 95.8 Å². The fourth-order valence-corrected chi connectivity index (χ4v) is 3.94. The molecule has 3 aromatic carbocycles. The van der Waals surface area contributed by atoms with Crippen molar-refractivity contribution in [2.75, 3.05) is 16.3 Å². The Balaban J connectivity index is 1.53. The third-order valence-electron chi connectivity index (χ3n) is 5.84. The molecule has 186 valence electrons. The van der Waals surface area contributed by atoms with E-state index in [1.54, 1.807) is 6.07 Å². The maximum absolute atomic E-state index is 15.4. The molecule has 1 aliphatic rings. The summed E-state index contributed by atoms with van der Waals surface area (Å²) in [5, 5.41) is 0. The van der Waals surface area contributed by atoms with E-state index >= 15 is 4.39 Å². The Morgan fingerprint density at radius 1 is 1.03 bits per heavy atom. The normalized spacial score (nSPS) is 14.9. The number of halogens is 1. The fourth-order valence-electron chi connectivity index (χ4n) is 3.94. The van der Waals surface area contributed by atoms with Crippen molar-refractivity contribution in [2.45, 2.75) is 39.0 Å². The van der Waals surface area contributed by atoms with Gasteiger partial charge >= 0.3 is 12.2 Å². The van der Waals surface area contributed by atoms with E-state index in [-0.39, 0.29) is 31.2 Å². The van der Waals surface area contributed by atoms with Gasteiger partial charge in [0.2, 0.25) is 0 Å². The van der Waals surface area contributed by atoms with Gasteiger partial charge in [-0.2, -0.15) is 0 Å². The van der Waals surface area contributed by atoms with Crippen LogP contribution in [0.5, 0.6) is 0 Å². The Bertz CT molecular complexity index is 1220. The van der Waals surface area contributed by atoms with Crippen LogP contribution in [0.25, 0.3) is 0 Å². The number of carbonyl (C=O) groups excluding carboxylic acids is 3. The second-order valence-corrected chi connectivity index (χ2v) is 8.60. The Hall–Kier alpha value is -4.20. The third-order valence-corrected chi connectivity index (χ3v) is 5.84. The first-order chi connectivity index (χ1) is 17.4. The van der Waals surface area contributed by atoms with Crippen LogP contribution in [0.4, 0.5) is 25.4 Å². The van der Waals surface area contributed by atoms with Crippen molar-refractivity contribution in [1.82, 2.24) is 0 Å². The Morgan fingerprint density at radius 3 is 2.33 bits per heavy atom. The summed E-state index contributed by atoms with van der Waals surface area (Å²) < 4.78 is 26.2. The first kappa shape index (κ1) is 24.9. The predicted octanol–water partition coefficient (Wildman–Crippen LogP) is 5.86. The number of ketones is 1. The van der Waals surface area contributed by atoms with Gasteiger partial charge in [-0.1, -0.05) is 60.7 Å². The smallest absolute Gasteiger partial charge is 0.415 e. The van der Waals surface area contributed by atoms with E-state index in [1.165, 1.54) is 28.9 Å². The number of carbonyl (C=O) groups is 3. The highest BCUT2D eigenvalue weighted by Crippen LogP contribution is 2.30. The number of Topliss-reactive ketones (excluding diaryl/α,β-unsaturated/α-hetero) is 1. The molecule has 0 aliphatic carbocycles. The summed E-state index contributed by atoms with van der Waals surface area (Å²) in [6.45, 7) is 1.85. The number of benzene rings is 3. The molecule has 8 heteroatoms. The van der Waals surface area contributed by atoms with Gasteiger partial charge in [-0.25, -0.2) is 14.0 Å². The minimum Gasteiger partial charge on any atom is -0.444 e. The number of anilines is 2. The Morgan fingerprint density at radius 2 is 1.69 bits per heavy atom. The molecule has 1 atom stereocenters. The van der Waals surface area contributed by atoms with Crippen LogP contribution >= 0.6 is 0 Å². The predicted molar refractivity (Wildman–Crippen MR) is 133 cm³/mol. The molecule has 0 spiro atoms. The molecule has 4 rings (SSSR count). The van der Waals surface area contributed by atoms with Gasteiger partial charge in [0.05, 0.1) is 24.5 Å². The van der Waals surface area contributed by atoms with Gasteiger partial charge in [0.1, 0.15) is 24.3 Å². The van der Waals surface area contributed by atoms with E-state index in [4.69, 9.17) is 9.47 Å². The zero-order chi connectivity index (χ0) is 25.5. The maximum Gasteiger partial charge on any atom is 0.415 e. The van der Waals surface area contributed by atoms with Crippen LogP contribution in [-0.2, 0) is 27.4 Å². The first-order valence-corrected chi connectivity index (χ1v) is 11.7. The molecule has 0 aromatic heterocycles. The Kier molecular flexibility index (Phi) is 7.95. The van der Waals surface area contributed by atoms with Crippen molar-refractivity contribution >= 4 is 29.3 Å². The van der Waals surface area contributed by atoms with Crippen molar-refractivity contribution in [2.24, 2.45) is 0 Å². The van der Waals surface area contributed by atoms with Crippen LogP contribution < -0.4 is 9.80 Å². The molecule has 0 unspecified atom stereocenters. The van der Waals surface area contributed by atoms with Gasteiger partial charge < -0.3 is 14.3 Å². The molecule has 0 bridgehead atoms. The van der Waals surface area contributed by atoms with E-state index in [9.17, 15) is 14.4 Å². The molecule has 36 heavy (non-hydrogen) atoms. The van der Waals surface area contributed by atoms with E-state index in [0.29, 0.717) is 18.5 Å². The SMILES string of the molecule is CC(=O)CC[C@H]1CN(c2ccc(N(Cc3ccccc3)C(=O)OCc3ccccc3)c(F)c2)C(=O)O1. The van der Waals surface area contributed by atoms with Crippen LogP contribution in [0.15, 0.2) is 78.9 Å². The summed E-state index contributed by atoms with van der Waals surface area (Å²) in [5.41, 5.74) is 1.95. The van der Waals surface area contributed by atoms with Crippen LogP contribution in [0.3, 0.4) is 0 Å². The summed E-state index contributed by atoms with van der Waals surface area (Å²) in [5.74, 6) is -0.669. The lowest BCUT2D eigenvalue weighted by atomic mass is 10.1. The average Bonchev–Trinajstić information content (AvgIpc) is 3.26. The van der Waals surface area contributed by atoms with Gasteiger partial charge in [0, 0.05) is 6.42 Å². The summed E-state index contributed by atoms with van der Waals surface area (Å²) >= 11 is 0.